The van der Waals surface area contributed by atoms with Crippen molar-refractivity contribution in [1.82, 2.24) is 9.55 Å². The van der Waals surface area contributed by atoms with Gasteiger partial charge < -0.3 is 34.1 Å². The van der Waals surface area contributed by atoms with E-state index in [1.807, 2.05) is 24.3 Å². The van der Waals surface area contributed by atoms with Crippen molar-refractivity contribution < 1.29 is 28.5 Å². The number of amides is 1. The molecule has 0 fully saturated rings. The van der Waals surface area contributed by atoms with Gasteiger partial charge in [0, 0.05) is 31.7 Å². The third-order valence-electron chi connectivity index (χ3n) is 4.92. The molecule has 0 saturated heterocycles. The maximum absolute atomic E-state index is 12.4. The first-order valence-corrected chi connectivity index (χ1v) is 9.73. The molecule has 3 rings (SSSR count). The van der Waals surface area contributed by atoms with Gasteiger partial charge in [0.15, 0.2) is 5.69 Å². The Morgan fingerprint density at radius 2 is 1.88 bits per heavy atom. The Balaban J connectivity index is 1.98. The first-order chi connectivity index (χ1) is 15.4. The summed E-state index contributed by atoms with van der Waals surface area (Å²) in [5, 5.41) is 6.61. The number of benzene rings is 1. The smallest absolute Gasteiger partial charge is 0.356 e. The second kappa shape index (κ2) is 10.0. The van der Waals surface area contributed by atoms with Crippen molar-refractivity contribution in [2.75, 3.05) is 45.7 Å². The lowest BCUT2D eigenvalue weighted by Gasteiger charge is -2.12. The second-order valence-corrected chi connectivity index (χ2v) is 6.88. The molecule has 1 amide bonds. The van der Waals surface area contributed by atoms with Crippen molar-refractivity contribution in [3.8, 4) is 11.5 Å². The van der Waals surface area contributed by atoms with Gasteiger partial charge in [0.1, 0.15) is 23.8 Å². The van der Waals surface area contributed by atoms with Gasteiger partial charge in [-0.05, 0) is 24.3 Å². The van der Waals surface area contributed by atoms with E-state index < -0.39 is 11.9 Å². The molecular weight excluding hydrogens is 416 g/mol. The molecule has 0 atom stereocenters. The lowest BCUT2D eigenvalue weighted by atomic mass is 10.1. The Hall–Kier alpha value is -3.79. The highest BCUT2D eigenvalue weighted by Crippen LogP contribution is 2.32. The first kappa shape index (κ1) is 22.9. The van der Waals surface area contributed by atoms with Crippen LogP contribution in [0.25, 0.3) is 11.0 Å². The van der Waals surface area contributed by atoms with Crippen LogP contribution in [0.15, 0.2) is 30.5 Å². The average Bonchev–Trinajstić information content (AvgIpc) is 3.07. The summed E-state index contributed by atoms with van der Waals surface area (Å²) in [5.74, 6) is 0.441. The van der Waals surface area contributed by atoms with E-state index in [9.17, 15) is 9.59 Å². The number of nitrogens with zero attached hydrogens (tertiary/aromatic N) is 2. The molecule has 10 nitrogen and oxygen atoms in total. The molecule has 10 heteroatoms. The lowest BCUT2D eigenvalue weighted by molar-refractivity contribution is -0.119. The van der Waals surface area contributed by atoms with Gasteiger partial charge in [-0.1, -0.05) is 0 Å². The largest absolute Gasteiger partial charge is 0.497 e. The molecule has 2 heterocycles. The summed E-state index contributed by atoms with van der Waals surface area (Å²) in [6.45, 7) is 0.285. The summed E-state index contributed by atoms with van der Waals surface area (Å²) in [6, 6.07) is 7.35. The highest BCUT2D eigenvalue weighted by atomic mass is 16.5. The molecule has 2 aromatic heterocycles. The summed E-state index contributed by atoms with van der Waals surface area (Å²) < 4.78 is 22.1. The maximum atomic E-state index is 12.4. The number of methoxy groups -OCH3 is 4. The average molecular weight is 442 g/mol. The number of aromatic nitrogens is 2. The van der Waals surface area contributed by atoms with Crippen LogP contribution in [0.2, 0.25) is 0 Å². The van der Waals surface area contributed by atoms with E-state index in [4.69, 9.17) is 18.9 Å². The lowest BCUT2D eigenvalue weighted by Crippen LogP contribution is -2.19. The summed E-state index contributed by atoms with van der Waals surface area (Å²) in [5.41, 5.74) is 2.59. The van der Waals surface area contributed by atoms with Crippen LogP contribution in [0.4, 0.5) is 11.4 Å². The van der Waals surface area contributed by atoms with Crippen molar-refractivity contribution >= 4 is 34.3 Å². The van der Waals surface area contributed by atoms with Crippen LogP contribution in [-0.4, -0.2) is 56.5 Å². The number of esters is 1. The molecule has 0 unspecified atom stereocenters. The summed E-state index contributed by atoms with van der Waals surface area (Å²) in [4.78, 5) is 29.1. The first-order valence-electron chi connectivity index (χ1n) is 9.73. The van der Waals surface area contributed by atoms with Gasteiger partial charge >= 0.3 is 5.97 Å². The monoisotopic (exact) mass is 442 g/mol. The number of fused-ring (bicyclic) bond motifs is 1. The zero-order valence-electron chi connectivity index (χ0n) is 18.6. The van der Waals surface area contributed by atoms with E-state index in [2.05, 4.69) is 15.6 Å². The molecule has 3 aromatic rings. The SMILES string of the molecule is COCC(=O)Nc1c(C(=O)OC)n(C)c2ncc(NCc3cc(OC)ccc3OC)cc12. The molecule has 1 aromatic carbocycles. The van der Waals surface area contributed by atoms with Crippen LogP contribution in [0, 0.1) is 0 Å². The molecule has 0 saturated carbocycles. The third kappa shape index (κ3) is 4.59. The number of carbonyl (C=O) groups is 2. The van der Waals surface area contributed by atoms with E-state index in [0.717, 1.165) is 5.56 Å². The van der Waals surface area contributed by atoms with Crippen LogP contribution in [0.3, 0.4) is 0 Å². The van der Waals surface area contributed by atoms with Crippen LogP contribution in [-0.2, 0) is 27.9 Å². The number of ether oxygens (including phenoxy) is 4. The minimum Gasteiger partial charge on any atom is -0.497 e. The minimum absolute atomic E-state index is 0.155. The fourth-order valence-corrected chi connectivity index (χ4v) is 3.39. The Labute approximate surface area is 185 Å². The Morgan fingerprint density at radius 1 is 1.09 bits per heavy atom. The minimum atomic E-state index is -0.589. The Kier molecular flexibility index (Phi) is 7.16. The number of hydrogen-bond acceptors (Lipinski definition) is 8. The van der Waals surface area contributed by atoms with E-state index in [-0.39, 0.29) is 12.3 Å². The normalized spacial score (nSPS) is 10.7. The van der Waals surface area contributed by atoms with Crippen LogP contribution in [0.5, 0.6) is 11.5 Å². The molecule has 170 valence electrons. The molecule has 0 bridgehead atoms. The topological polar surface area (TPSA) is 113 Å². The molecule has 32 heavy (non-hydrogen) atoms. The molecule has 0 aliphatic rings. The van der Waals surface area contributed by atoms with Crippen molar-refractivity contribution in [1.29, 1.82) is 0 Å². The summed E-state index contributed by atoms with van der Waals surface area (Å²) >= 11 is 0. The third-order valence-corrected chi connectivity index (χ3v) is 4.92. The van der Waals surface area contributed by atoms with Crippen molar-refractivity contribution in [3.05, 3.63) is 41.7 Å². The zero-order chi connectivity index (χ0) is 23.3. The predicted octanol–water partition coefficient (Wildman–Crippen LogP) is 2.57. The second-order valence-electron chi connectivity index (χ2n) is 6.88. The highest BCUT2D eigenvalue weighted by Gasteiger charge is 2.24. The Morgan fingerprint density at radius 3 is 2.53 bits per heavy atom. The van der Waals surface area contributed by atoms with Crippen LogP contribution < -0.4 is 20.1 Å². The molecule has 2 N–H and O–H groups in total. The quantitative estimate of drug-likeness (QED) is 0.486. The van der Waals surface area contributed by atoms with E-state index in [1.165, 1.54) is 14.2 Å². The molecule has 0 spiro atoms. The fraction of sp³-hybridized carbons (Fsp3) is 0.318. The fourth-order valence-electron chi connectivity index (χ4n) is 3.39. The van der Waals surface area contributed by atoms with E-state index in [1.54, 1.807) is 32.0 Å². The van der Waals surface area contributed by atoms with Gasteiger partial charge in [-0.15, -0.1) is 0 Å². The van der Waals surface area contributed by atoms with Gasteiger partial charge in [-0.25, -0.2) is 9.78 Å². The van der Waals surface area contributed by atoms with Gasteiger partial charge in [0.05, 0.1) is 38.9 Å². The molecule has 0 aliphatic heterocycles. The maximum Gasteiger partial charge on any atom is 0.356 e. The zero-order valence-corrected chi connectivity index (χ0v) is 18.6. The van der Waals surface area contributed by atoms with Gasteiger partial charge in [-0.2, -0.15) is 0 Å². The number of carbonyl (C=O) groups excluding carboxylic acids is 2. The van der Waals surface area contributed by atoms with Gasteiger partial charge in [0.25, 0.3) is 0 Å². The number of rotatable bonds is 9. The number of anilines is 2. The van der Waals surface area contributed by atoms with Crippen molar-refractivity contribution in [2.45, 2.75) is 6.54 Å². The summed E-state index contributed by atoms with van der Waals surface area (Å²) in [6.07, 6.45) is 1.65. The van der Waals surface area contributed by atoms with Crippen molar-refractivity contribution in [3.63, 3.8) is 0 Å². The number of hydrogen-bond donors (Lipinski definition) is 2. The molecule has 0 radical (unpaired) electrons. The number of nitrogens with one attached hydrogen (secondary N) is 2. The van der Waals surface area contributed by atoms with Crippen LogP contribution >= 0.6 is 0 Å². The number of aryl methyl sites for hydroxylation is 1. The highest BCUT2D eigenvalue weighted by molar-refractivity contribution is 6.11. The van der Waals surface area contributed by atoms with E-state index in [0.29, 0.717) is 40.5 Å². The van der Waals surface area contributed by atoms with E-state index >= 15 is 0 Å². The molecular formula is C22H26N4O6. The number of pyridine rings is 1. The Bertz CT molecular complexity index is 1140. The summed E-state index contributed by atoms with van der Waals surface area (Å²) in [7, 11) is 7.58. The van der Waals surface area contributed by atoms with Crippen molar-refractivity contribution in [2.24, 2.45) is 7.05 Å². The van der Waals surface area contributed by atoms with Gasteiger partial charge in [0.2, 0.25) is 5.91 Å². The van der Waals surface area contributed by atoms with Gasteiger partial charge in [-0.3, -0.25) is 4.79 Å². The molecule has 0 aliphatic carbocycles. The standard InChI is InChI=1S/C22H26N4O6/c1-26-20(22(28)32-5)19(25-18(27)12-29-2)16-9-14(11-24-21(16)26)23-10-13-8-15(30-3)6-7-17(13)31-4/h6-9,11,23H,10,12H2,1-5H3,(H,25,27). The van der Waals surface area contributed by atoms with Crippen LogP contribution in [0.1, 0.15) is 16.1 Å². The predicted molar refractivity (Wildman–Crippen MR) is 119 cm³/mol.